The van der Waals surface area contributed by atoms with Crippen molar-refractivity contribution >= 4 is 62.3 Å². The summed E-state index contributed by atoms with van der Waals surface area (Å²) in [5, 5.41) is 7.08. The maximum Gasteiger partial charge on any atom is 0.375 e. The molecule has 9 heteroatoms. The number of thioether (sulfide) groups is 1. The summed E-state index contributed by atoms with van der Waals surface area (Å²) in [6, 6.07) is 10.8. The van der Waals surface area contributed by atoms with E-state index in [0.717, 1.165) is 10.4 Å². The van der Waals surface area contributed by atoms with Gasteiger partial charge in [0.25, 0.3) is 0 Å². The number of thiophene rings is 1. The number of thiocarbonyl (C=S) groups is 1. The highest BCUT2D eigenvalue weighted by molar-refractivity contribution is 8.33. The molecule has 148 valence electrons. The maximum atomic E-state index is 12.5. The Morgan fingerprint density at radius 2 is 1.93 bits per heavy atom. The Morgan fingerprint density at radius 1 is 1.25 bits per heavy atom. The molecule has 28 heavy (non-hydrogen) atoms. The average Bonchev–Trinajstić information content (AvgIpc) is 3.13. The summed E-state index contributed by atoms with van der Waals surface area (Å²) in [6.45, 7) is 6.31. The van der Waals surface area contributed by atoms with Crippen LogP contribution in [0.2, 0.25) is 5.02 Å². The summed E-state index contributed by atoms with van der Waals surface area (Å²) in [5.74, 6) is -0.478. The first-order valence-corrected chi connectivity index (χ1v) is 10.9. The minimum Gasteiger partial charge on any atom is -0.311 e. The largest absolute Gasteiger partial charge is 0.375 e. The van der Waals surface area contributed by atoms with Gasteiger partial charge < -0.3 is 4.84 Å². The molecule has 1 unspecified atom stereocenters. The molecular weight excluding hydrogens is 434 g/mol. The molecule has 0 radical (unpaired) electrons. The number of carbonyl (C=O) groups excluding carboxylic acids is 1. The van der Waals surface area contributed by atoms with Gasteiger partial charge in [-0.2, -0.15) is 0 Å². The molecule has 5 nitrogen and oxygen atoms in total. The van der Waals surface area contributed by atoms with E-state index >= 15 is 0 Å². The van der Waals surface area contributed by atoms with Crippen molar-refractivity contribution in [1.29, 1.82) is 0 Å². The highest BCUT2D eigenvalue weighted by Gasteiger charge is 2.30. The van der Waals surface area contributed by atoms with E-state index in [4.69, 9.17) is 28.7 Å². The van der Waals surface area contributed by atoms with Gasteiger partial charge in [0.1, 0.15) is 16.0 Å². The monoisotopic (exact) mass is 453 g/mol. The molecule has 2 aromatic rings. The van der Waals surface area contributed by atoms with Crippen molar-refractivity contribution in [2.24, 2.45) is 5.16 Å². The van der Waals surface area contributed by atoms with E-state index in [1.807, 2.05) is 25.2 Å². The molecule has 1 N–H and O–H groups in total. The molecule has 2 heterocycles. The molecule has 0 amide bonds. The van der Waals surface area contributed by atoms with E-state index < -0.39 is 5.97 Å². The molecule has 1 saturated heterocycles. The molecule has 1 aromatic carbocycles. The van der Waals surface area contributed by atoms with Gasteiger partial charge in [-0.05, 0) is 47.0 Å². The number of nitrogens with zero attached hydrogens (tertiary/aromatic N) is 2. The van der Waals surface area contributed by atoms with Crippen LogP contribution in [0, 0.1) is 0 Å². The topological polar surface area (TPSA) is 53.9 Å². The van der Waals surface area contributed by atoms with E-state index in [9.17, 15) is 4.79 Å². The molecule has 3 rings (SSSR count). The molecular formula is C19H20ClN3O2S3. The Balaban J connectivity index is 1.80. The second kappa shape index (κ2) is 8.51. The normalized spacial score (nSPS) is 19.2. The predicted octanol–water partition coefficient (Wildman–Crippen LogP) is 5.38. The lowest BCUT2D eigenvalue weighted by atomic mass is 9.95. The lowest BCUT2D eigenvalue weighted by Gasteiger charge is -2.33. The van der Waals surface area contributed by atoms with E-state index in [1.165, 1.54) is 23.1 Å². The number of halogens is 1. The summed E-state index contributed by atoms with van der Waals surface area (Å²) in [4.78, 5) is 19.3. The number of oxime groups is 1. The minimum atomic E-state index is -0.478. The van der Waals surface area contributed by atoms with Gasteiger partial charge in [-0.15, -0.1) is 11.3 Å². The van der Waals surface area contributed by atoms with E-state index in [1.54, 1.807) is 23.2 Å². The van der Waals surface area contributed by atoms with Crippen LogP contribution >= 0.6 is 46.9 Å². The fourth-order valence-corrected chi connectivity index (χ4v) is 4.56. The van der Waals surface area contributed by atoms with Gasteiger partial charge >= 0.3 is 5.97 Å². The molecule has 1 aliphatic heterocycles. The fourth-order valence-electron chi connectivity index (χ4n) is 2.44. The molecule has 1 aliphatic rings. The third-order valence-corrected chi connectivity index (χ3v) is 7.24. The van der Waals surface area contributed by atoms with Gasteiger partial charge in [-0.25, -0.2) is 10.2 Å². The Morgan fingerprint density at radius 3 is 2.54 bits per heavy atom. The van der Waals surface area contributed by atoms with Crippen LogP contribution in [0.5, 0.6) is 0 Å². The van der Waals surface area contributed by atoms with Crippen molar-refractivity contribution in [3.05, 3.63) is 56.7 Å². The average molecular weight is 454 g/mol. The SMILES string of the molecule is CN1NC(c2ccc(Cl)cc2)/C(=N\OC(=O)c2ccc(C(C)(C)C)s2)SC1=S. The number of nitrogens with one attached hydrogen (secondary N) is 1. The minimum absolute atomic E-state index is 0.0192. The quantitative estimate of drug-likeness (QED) is 0.382. The standard InChI is InChI=1S/C19H20ClN3O2S3/c1-19(2,3)14-10-9-13(27-14)17(24)25-22-16-15(21-23(4)18(26)28-16)11-5-7-12(20)8-6-11/h5-10,15,21H,1-4H3/b22-16+. The third-order valence-electron chi connectivity index (χ3n) is 4.00. The van der Waals surface area contributed by atoms with Crippen LogP contribution in [-0.2, 0) is 10.3 Å². The van der Waals surface area contributed by atoms with Crippen LogP contribution < -0.4 is 5.43 Å². The maximum absolute atomic E-state index is 12.5. The van der Waals surface area contributed by atoms with Gasteiger partial charge in [0.2, 0.25) is 0 Å². The smallest absolute Gasteiger partial charge is 0.311 e. The molecule has 0 bridgehead atoms. The first kappa shape index (κ1) is 21.3. The number of carbonyl (C=O) groups is 1. The van der Waals surface area contributed by atoms with Crippen LogP contribution in [0.4, 0.5) is 0 Å². The van der Waals surface area contributed by atoms with Crippen molar-refractivity contribution in [2.45, 2.75) is 32.2 Å². The van der Waals surface area contributed by atoms with Gasteiger partial charge in [-0.1, -0.05) is 61.9 Å². The van der Waals surface area contributed by atoms with E-state index in [0.29, 0.717) is 19.3 Å². The summed E-state index contributed by atoms with van der Waals surface area (Å²) in [7, 11) is 1.83. The lowest BCUT2D eigenvalue weighted by molar-refractivity contribution is 0.0521. The Hall–Kier alpha value is -1.45. The zero-order chi connectivity index (χ0) is 20.5. The van der Waals surface area contributed by atoms with Gasteiger partial charge in [0.15, 0.2) is 4.32 Å². The van der Waals surface area contributed by atoms with Crippen LogP contribution in [0.3, 0.4) is 0 Å². The van der Waals surface area contributed by atoms with Gasteiger partial charge in [0.05, 0.1) is 0 Å². The highest BCUT2D eigenvalue weighted by Crippen LogP contribution is 2.31. The summed E-state index contributed by atoms with van der Waals surface area (Å²) < 4.78 is 0.589. The van der Waals surface area contributed by atoms with Crippen molar-refractivity contribution < 1.29 is 9.63 Å². The van der Waals surface area contributed by atoms with Crippen molar-refractivity contribution in [2.75, 3.05) is 7.05 Å². The highest BCUT2D eigenvalue weighted by atomic mass is 35.5. The zero-order valence-corrected chi connectivity index (χ0v) is 19.1. The summed E-state index contributed by atoms with van der Waals surface area (Å²) in [6.07, 6.45) is 0. The number of rotatable bonds is 3. The van der Waals surface area contributed by atoms with E-state index in [2.05, 4.69) is 31.4 Å². The van der Waals surface area contributed by atoms with Crippen molar-refractivity contribution in [3.63, 3.8) is 0 Å². The number of hydrogen-bond donors (Lipinski definition) is 1. The lowest BCUT2D eigenvalue weighted by Crippen LogP contribution is -2.47. The molecule has 1 fully saturated rings. The van der Waals surface area contributed by atoms with Crippen molar-refractivity contribution in [1.82, 2.24) is 10.4 Å². The Bertz CT molecular complexity index is 919. The van der Waals surface area contributed by atoms with Gasteiger partial charge in [-0.3, -0.25) is 5.01 Å². The van der Waals surface area contributed by atoms with Crippen LogP contribution in [0.15, 0.2) is 41.6 Å². The van der Waals surface area contributed by atoms with Crippen LogP contribution in [-0.4, -0.2) is 27.4 Å². The third kappa shape index (κ3) is 4.93. The molecule has 0 spiro atoms. The first-order valence-electron chi connectivity index (χ1n) is 8.52. The second-order valence-corrected chi connectivity index (χ2v) is 10.4. The van der Waals surface area contributed by atoms with Gasteiger partial charge in [0, 0.05) is 16.9 Å². The summed E-state index contributed by atoms with van der Waals surface area (Å²) >= 11 is 14.0. The first-order chi connectivity index (χ1) is 13.1. The Kier molecular flexibility index (Phi) is 6.46. The fraction of sp³-hybridized carbons (Fsp3) is 0.316. The zero-order valence-electron chi connectivity index (χ0n) is 15.9. The number of benzene rings is 1. The molecule has 1 atom stereocenters. The van der Waals surface area contributed by atoms with Crippen LogP contribution in [0.1, 0.15) is 46.9 Å². The van der Waals surface area contributed by atoms with Crippen molar-refractivity contribution in [3.8, 4) is 0 Å². The molecule has 0 saturated carbocycles. The Labute approximate surface area is 183 Å². The van der Waals surface area contributed by atoms with Crippen LogP contribution in [0.25, 0.3) is 0 Å². The number of hydrazine groups is 1. The summed E-state index contributed by atoms with van der Waals surface area (Å²) in [5.41, 5.74) is 4.17. The number of hydrogen-bond acceptors (Lipinski definition) is 7. The predicted molar refractivity (Wildman–Crippen MR) is 121 cm³/mol. The van der Waals surface area contributed by atoms with E-state index in [-0.39, 0.29) is 11.5 Å². The molecule has 0 aliphatic carbocycles. The molecule has 1 aromatic heterocycles. The second-order valence-electron chi connectivity index (χ2n) is 7.26.